The van der Waals surface area contributed by atoms with E-state index in [0.29, 0.717) is 18.8 Å². The highest BCUT2D eigenvalue weighted by Gasteiger charge is 2.33. The van der Waals surface area contributed by atoms with Gasteiger partial charge >= 0.3 is 0 Å². The molecule has 0 radical (unpaired) electrons. The number of anilines is 1. The zero-order valence-corrected chi connectivity index (χ0v) is 18.4. The van der Waals surface area contributed by atoms with Crippen LogP contribution in [0.5, 0.6) is 0 Å². The number of piperazine rings is 1. The summed E-state index contributed by atoms with van der Waals surface area (Å²) in [5.41, 5.74) is 6.44. The van der Waals surface area contributed by atoms with Crippen molar-refractivity contribution in [3.63, 3.8) is 0 Å². The summed E-state index contributed by atoms with van der Waals surface area (Å²) in [6.07, 6.45) is 0. The van der Waals surface area contributed by atoms with Crippen molar-refractivity contribution >= 4 is 23.4 Å². The van der Waals surface area contributed by atoms with Crippen molar-refractivity contribution in [1.82, 2.24) is 14.7 Å². The highest BCUT2D eigenvalue weighted by molar-refractivity contribution is 7.98. The molecule has 0 N–H and O–H groups in total. The topological polar surface area (TPSA) is 41.4 Å². The van der Waals surface area contributed by atoms with Crippen molar-refractivity contribution in [2.45, 2.75) is 30.5 Å². The monoisotopic (exact) mass is 418 g/mol. The second kappa shape index (κ2) is 7.51. The predicted octanol–water partition coefficient (Wildman–Crippen LogP) is 4.35. The molecule has 5 rings (SSSR count). The summed E-state index contributed by atoms with van der Waals surface area (Å²) in [4.78, 5) is 19.1. The summed E-state index contributed by atoms with van der Waals surface area (Å²) in [5, 5.41) is 4.68. The lowest BCUT2D eigenvalue weighted by Gasteiger charge is -2.41. The number of nitrogens with zero attached hydrogens (tertiary/aromatic N) is 4. The van der Waals surface area contributed by atoms with Gasteiger partial charge in [0.1, 0.15) is 0 Å². The third-order valence-electron chi connectivity index (χ3n) is 6.11. The number of carbonyl (C=O) groups excluding carboxylic acids is 1. The Kier molecular flexibility index (Phi) is 4.82. The average Bonchev–Trinajstić information content (AvgIpc) is 3.10. The fraction of sp³-hybridized carbons (Fsp3) is 0.333. The van der Waals surface area contributed by atoms with Gasteiger partial charge in [-0.2, -0.15) is 5.10 Å². The fourth-order valence-electron chi connectivity index (χ4n) is 4.63. The fourth-order valence-corrected chi connectivity index (χ4v) is 5.70. The van der Waals surface area contributed by atoms with Gasteiger partial charge in [0.05, 0.1) is 5.69 Å². The molecule has 1 saturated heterocycles. The van der Waals surface area contributed by atoms with Crippen molar-refractivity contribution in [2.24, 2.45) is 7.05 Å². The first-order chi connectivity index (χ1) is 14.5. The number of fused-ring (bicyclic) bond motifs is 3. The maximum Gasteiger partial charge on any atom is 0.274 e. The highest BCUT2D eigenvalue weighted by Crippen LogP contribution is 2.42. The summed E-state index contributed by atoms with van der Waals surface area (Å²) < 4.78 is 1.88. The van der Waals surface area contributed by atoms with Crippen LogP contribution in [0.2, 0.25) is 0 Å². The molecule has 1 fully saturated rings. The van der Waals surface area contributed by atoms with E-state index in [0.717, 1.165) is 23.6 Å². The molecule has 1 amide bonds. The second-order valence-corrected chi connectivity index (χ2v) is 9.23. The number of carbonyl (C=O) groups is 1. The maximum absolute atomic E-state index is 13.5. The van der Waals surface area contributed by atoms with E-state index in [1.54, 1.807) is 11.8 Å². The Bertz CT molecular complexity index is 1120. The molecular formula is C24H26N4OS. The Labute approximate surface area is 181 Å². The zero-order chi connectivity index (χ0) is 20.8. The molecule has 5 nitrogen and oxygen atoms in total. The molecule has 154 valence electrons. The van der Waals surface area contributed by atoms with Crippen molar-refractivity contribution in [3.05, 3.63) is 65.4 Å². The Morgan fingerprint density at radius 3 is 2.77 bits per heavy atom. The van der Waals surface area contributed by atoms with E-state index in [9.17, 15) is 4.79 Å². The summed E-state index contributed by atoms with van der Waals surface area (Å²) in [7, 11) is 1.95. The first-order valence-corrected chi connectivity index (χ1v) is 11.4. The van der Waals surface area contributed by atoms with Crippen LogP contribution >= 0.6 is 11.8 Å². The molecule has 2 aliphatic heterocycles. The van der Waals surface area contributed by atoms with Crippen LogP contribution in [0.15, 0.2) is 53.4 Å². The lowest BCUT2D eigenvalue weighted by molar-refractivity contribution is 0.0719. The van der Waals surface area contributed by atoms with Gasteiger partial charge in [-0.1, -0.05) is 30.3 Å². The van der Waals surface area contributed by atoms with Gasteiger partial charge in [0.2, 0.25) is 0 Å². The van der Waals surface area contributed by atoms with Gasteiger partial charge < -0.3 is 9.80 Å². The van der Waals surface area contributed by atoms with E-state index >= 15 is 0 Å². The Morgan fingerprint density at radius 1 is 1.13 bits per heavy atom. The van der Waals surface area contributed by atoms with Crippen LogP contribution in [-0.2, 0) is 12.8 Å². The first-order valence-electron chi connectivity index (χ1n) is 10.4. The number of aryl methyl sites for hydroxylation is 2. The number of aromatic nitrogens is 2. The molecule has 2 aromatic carbocycles. The highest BCUT2D eigenvalue weighted by atomic mass is 32.2. The molecule has 1 atom stereocenters. The van der Waals surface area contributed by atoms with Crippen LogP contribution in [0.1, 0.15) is 28.5 Å². The van der Waals surface area contributed by atoms with Crippen LogP contribution in [0.25, 0.3) is 11.3 Å². The minimum absolute atomic E-state index is 0.0579. The molecule has 2 aliphatic rings. The molecule has 0 unspecified atom stereocenters. The van der Waals surface area contributed by atoms with Crippen LogP contribution in [-0.4, -0.2) is 46.3 Å². The molecule has 1 aromatic heterocycles. The van der Waals surface area contributed by atoms with Gasteiger partial charge in [-0.25, -0.2) is 0 Å². The summed E-state index contributed by atoms with van der Waals surface area (Å²) >= 11 is 1.79. The number of benzene rings is 2. The molecule has 0 saturated carbocycles. The standard InChI is InChI=1S/C24H26N4OS/c1-16-7-6-8-18(13-16)28-12-11-27(14-17(28)2)24(29)22-20-15-30-21-10-5-4-9-19(21)23(20)26(3)25-22/h4-10,13,17H,11-12,14-15H2,1-3H3/t17-/m1/s1. The summed E-state index contributed by atoms with van der Waals surface area (Å²) in [6, 6.07) is 17.2. The molecule has 3 aromatic rings. The predicted molar refractivity (Wildman–Crippen MR) is 122 cm³/mol. The quantitative estimate of drug-likeness (QED) is 0.620. The largest absolute Gasteiger partial charge is 0.365 e. The molecule has 0 aliphatic carbocycles. The number of rotatable bonds is 2. The van der Waals surface area contributed by atoms with Crippen LogP contribution in [0.4, 0.5) is 5.69 Å². The van der Waals surface area contributed by atoms with Crippen molar-refractivity contribution < 1.29 is 4.79 Å². The van der Waals surface area contributed by atoms with Crippen LogP contribution in [0, 0.1) is 6.92 Å². The van der Waals surface area contributed by atoms with E-state index in [2.05, 4.69) is 72.4 Å². The van der Waals surface area contributed by atoms with Crippen LogP contribution in [0.3, 0.4) is 0 Å². The molecule has 0 bridgehead atoms. The number of hydrogen-bond acceptors (Lipinski definition) is 4. The van der Waals surface area contributed by atoms with Gasteiger partial charge in [-0.05, 0) is 37.6 Å². The Balaban J connectivity index is 1.40. The van der Waals surface area contributed by atoms with E-state index < -0.39 is 0 Å². The van der Waals surface area contributed by atoms with Gasteiger partial charge in [-0.3, -0.25) is 9.48 Å². The number of hydrogen-bond donors (Lipinski definition) is 0. The number of thioether (sulfide) groups is 1. The van der Waals surface area contributed by atoms with Gasteiger partial charge in [-0.15, -0.1) is 11.8 Å². The second-order valence-electron chi connectivity index (χ2n) is 8.22. The molecule has 3 heterocycles. The van der Waals surface area contributed by atoms with E-state index in [4.69, 9.17) is 0 Å². The SMILES string of the molecule is Cc1cccc(N2CCN(C(=O)c3nn(C)c4c3CSc3ccccc3-4)C[C@H]2C)c1. The molecular weight excluding hydrogens is 392 g/mol. The van der Waals surface area contributed by atoms with E-state index in [1.165, 1.54) is 21.7 Å². The Morgan fingerprint density at radius 2 is 1.97 bits per heavy atom. The third-order valence-corrected chi connectivity index (χ3v) is 7.21. The van der Waals surface area contributed by atoms with Crippen molar-refractivity contribution in [3.8, 4) is 11.3 Å². The van der Waals surface area contributed by atoms with Gasteiger partial charge in [0, 0.05) is 60.2 Å². The lowest BCUT2D eigenvalue weighted by atomic mass is 10.0. The van der Waals surface area contributed by atoms with Gasteiger partial charge in [0.25, 0.3) is 5.91 Å². The minimum atomic E-state index is 0.0579. The molecule has 30 heavy (non-hydrogen) atoms. The number of amides is 1. The van der Waals surface area contributed by atoms with E-state index in [-0.39, 0.29) is 11.9 Å². The molecule has 6 heteroatoms. The van der Waals surface area contributed by atoms with E-state index in [1.807, 2.05) is 16.6 Å². The molecule has 0 spiro atoms. The summed E-state index contributed by atoms with van der Waals surface area (Å²) in [6.45, 7) is 6.58. The smallest absolute Gasteiger partial charge is 0.274 e. The van der Waals surface area contributed by atoms with Gasteiger partial charge in [0.15, 0.2) is 5.69 Å². The summed E-state index contributed by atoms with van der Waals surface area (Å²) in [5.74, 6) is 0.850. The normalized spacial score (nSPS) is 18.2. The lowest BCUT2D eigenvalue weighted by Crippen LogP contribution is -2.54. The van der Waals surface area contributed by atoms with Crippen LogP contribution < -0.4 is 4.90 Å². The first kappa shape index (κ1) is 19.2. The minimum Gasteiger partial charge on any atom is -0.365 e. The maximum atomic E-state index is 13.5. The van der Waals surface area contributed by atoms with Crippen molar-refractivity contribution in [1.29, 1.82) is 0 Å². The Hall–Kier alpha value is -2.73. The average molecular weight is 419 g/mol. The van der Waals surface area contributed by atoms with Crippen molar-refractivity contribution in [2.75, 3.05) is 24.5 Å². The third kappa shape index (κ3) is 3.19. The zero-order valence-electron chi connectivity index (χ0n) is 17.6.